The van der Waals surface area contributed by atoms with Gasteiger partial charge in [0.05, 0.1) is 12.9 Å². The lowest BCUT2D eigenvalue weighted by molar-refractivity contribution is 0.0996. The zero-order valence-corrected chi connectivity index (χ0v) is 11.3. The van der Waals surface area contributed by atoms with Crippen LogP contribution in [-0.2, 0) is 4.74 Å². The van der Waals surface area contributed by atoms with Gasteiger partial charge in [-0.15, -0.1) is 0 Å². The third kappa shape index (κ3) is 4.13. The van der Waals surface area contributed by atoms with Crippen LogP contribution in [0.15, 0.2) is 47.1 Å². The highest BCUT2D eigenvalue weighted by Crippen LogP contribution is 2.18. The summed E-state index contributed by atoms with van der Waals surface area (Å²) in [6, 6.07) is 10.5. The Morgan fingerprint density at radius 2 is 2.15 bits per heavy atom. The van der Waals surface area contributed by atoms with Crippen molar-refractivity contribution >= 4 is 11.6 Å². The molecule has 0 spiro atoms. The normalized spacial score (nSPS) is 10.2. The first-order valence-electron chi connectivity index (χ1n) is 6.45. The molecule has 1 heterocycles. The molecule has 0 radical (unpaired) electrons. The molecule has 0 saturated heterocycles. The van der Waals surface area contributed by atoms with Crippen LogP contribution in [0.4, 0.5) is 5.69 Å². The lowest BCUT2D eigenvalue weighted by Gasteiger charge is -2.08. The molecule has 5 nitrogen and oxygen atoms in total. The minimum absolute atomic E-state index is 0.271. The zero-order chi connectivity index (χ0) is 14.2. The number of nitrogens with one attached hydrogen (secondary N) is 1. The van der Waals surface area contributed by atoms with Crippen molar-refractivity contribution in [1.29, 1.82) is 0 Å². The van der Waals surface area contributed by atoms with Gasteiger partial charge in [0, 0.05) is 18.4 Å². The topological polar surface area (TPSA) is 60.7 Å². The molecule has 1 aromatic heterocycles. The van der Waals surface area contributed by atoms with Gasteiger partial charge in [-0.3, -0.25) is 4.79 Å². The quantitative estimate of drug-likeness (QED) is 0.789. The SMILES string of the molecule is CCOCCOc1cccc(NC(=O)c2ccco2)c1. The first kappa shape index (κ1) is 14.1. The van der Waals surface area contributed by atoms with Crippen LogP contribution in [0.2, 0.25) is 0 Å². The lowest BCUT2D eigenvalue weighted by Crippen LogP contribution is -2.11. The molecular formula is C15H17NO4. The number of carbonyl (C=O) groups excluding carboxylic acids is 1. The molecule has 106 valence electrons. The molecule has 0 saturated carbocycles. The lowest BCUT2D eigenvalue weighted by atomic mass is 10.3. The average Bonchev–Trinajstić information content (AvgIpc) is 2.98. The van der Waals surface area contributed by atoms with Gasteiger partial charge in [0.15, 0.2) is 5.76 Å². The van der Waals surface area contributed by atoms with E-state index >= 15 is 0 Å². The number of hydrogen-bond donors (Lipinski definition) is 1. The van der Waals surface area contributed by atoms with Crippen molar-refractivity contribution in [1.82, 2.24) is 0 Å². The van der Waals surface area contributed by atoms with Crippen molar-refractivity contribution in [2.75, 3.05) is 25.1 Å². The van der Waals surface area contributed by atoms with E-state index in [2.05, 4.69) is 5.32 Å². The van der Waals surface area contributed by atoms with Gasteiger partial charge >= 0.3 is 0 Å². The minimum Gasteiger partial charge on any atom is -0.491 e. The Hall–Kier alpha value is -2.27. The number of anilines is 1. The van der Waals surface area contributed by atoms with E-state index in [-0.39, 0.29) is 11.7 Å². The molecule has 1 N–H and O–H groups in total. The number of rotatable bonds is 7. The molecular weight excluding hydrogens is 258 g/mol. The monoisotopic (exact) mass is 275 g/mol. The highest BCUT2D eigenvalue weighted by Gasteiger charge is 2.08. The fraction of sp³-hybridized carbons (Fsp3) is 0.267. The molecule has 0 unspecified atom stereocenters. The Balaban J connectivity index is 1.90. The molecule has 0 aliphatic carbocycles. The van der Waals surface area contributed by atoms with Gasteiger partial charge in [-0.2, -0.15) is 0 Å². The predicted molar refractivity (Wildman–Crippen MR) is 75.1 cm³/mol. The fourth-order valence-corrected chi connectivity index (χ4v) is 1.63. The van der Waals surface area contributed by atoms with Gasteiger partial charge in [-0.25, -0.2) is 0 Å². The van der Waals surface area contributed by atoms with Crippen molar-refractivity contribution < 1.29 is 18.7 Å². The number of furan rings is 1. The van der Waals surface area contributed by atoms with Crippen molar-refractivity contribution in [3.8, 4) is 5.75 Å². The molecule has 0 aliphatic rings. The maximum Gasteiger partial charge on any atom is 0.291 e. The maximum atomic E-state index is 11.8. The van der Waals surface area contributed by atoms with Crippen molar-refractivity contribution in [3.63, 3.8) is 0 Å². The van der Waals surface area contributed by atoms with Crippen LogP contribution in [0, 0.1) is 0 Å². The van der Waals surface area contributed by atoms with Crippen LogP contribution in [0.1, 0.15) is 17.5 Å². The van der Waals surface area contributed by atoms with Crippen molar-refractivity contribution in [3.05, 3.63) is 48.4 Å². The number of hydrogen-bond acceptors (Lipinski definition) is 4. The summed E-state index contributed by atoms with van der Waals surface area (Å²) in [6.45, 7) is 3.62. The highest BCUT2D eigenvalue weighted by atomic mass is 16.5. The first-order valence-corrected chi connectivity index (χ1v) is 6.45. The summed E-state index contributed by atoms with van der Waals surface area (Å²) in [5.74, 6) is 0.663. The molecule has 0 atom stereocenters. The van der Waals surface area contributed by atoms with Gasteiger partial charge in [0.2, 0.25) is 0 Å². The number of benzene rings is 1. The standard InChI is InChI=1S/C15H17NO4/c1-2-18-9-10-19-13-6-3-5-12(11-13)16-15(17)14-7-4-8-20-14/h3-8,11H,2,9-10H2,1H3,(H,16,17). The number of ether oxygens (including phenoxy) is 2. The van der Waals surface area contributed by atoms with E-state index in [4.69, 9.17) is 13.9 Å². The van der Waals surface area contributed by atoms with E-state index < -0.39 is 0 Å². The van der Waals surface area contributed by atoms with E-state index in [1.165, 1.54) is 6.26 Å². The van der Waals surface area contributed by atoms with Gasteiger partial charge in [-0.1, -0.05) is 6.07 Å². The largest absolute Gasteiger partial charge is 0.491 e. The Morgan fingerprint density at radius 3 is 2.90 bits per heavy atom. The van der Waals surface area contributed by atoms with Crippen LogP contribution in [0.3, 0.4) is 0 Å². The van der Waals surface area contributed by atoms with Gasteiger partial charge in [-0.05, 0) is 31.2 Å². The second-order valence-electron chi connectivity index (χ2n) is 4.00. The van der Waals surface area contributed by atoms with Crippen LogP contribution in [0.5, 0.6) is 5.75 Å². The second kappa shape index (κ2) is 7.35. The average molecular weight is 275 g/mol. The van der Waals surface area contributed by atoms with Crippen molar-refractivity contribution in [2.24, 2.45) is 0 Å². The summed E-state index contributed by atoms with van der Waals surface area (Å²) in [5, 5.41) is 2.74. The third-order valence-corrected chi connectivity index (χ3v) is 2.54. The molecule has 0 fully saturated rings. The third-order valence-electron chi connectivity index (χ3n) is 2.54. The van der Waals surface area contributed by atoms with Crippen molar-refractivity contribution in [2.45, 2.75) is 6.92 Å². The van der Waals surface area contributed by atoms with Crippen LogP contribution < -0.4 is 10.1 Å². The fourth-order valence-electron chi connectivity index (χ4n) is 1.63. The zero-order valence-electron chi connectivity index (χ0n) is 11.3. The number of amides is 1. The smallest absolute Gasteiger partial charge is 0.291 e. The molecule has 1 aromatic carbocycles. The van der Waals surface area contributed by atoms with E-state index in [0.29, 0.717) is 31.3 Å². The molecule has 2 rings (SSSR count). The van der Waals surface area contributed by atoms with Crippen LogP contribution in [-0.4, -0.2) is 25.7 Å². The van der Waals surface area contributed by atoms with E-state index in [1.807, 2.05) is 19.1 Å². The van der Waals surface area contributed by atoms with E-state index in [1.54, 1.807) is 24.3 Å². The van der Waals surface area contributed by atoms with E-state index in [0.717, 1.165) is 0 Å². The summed E-state index contributed by atoms with van der Waals surface area (Å²) in [5.41, 5.74) is 0.653. The summed E-state index contributed by atoms with van der Waals surface area (Å²) < 4.78 is 15.7. The molecule has 2 aromatic rings. The van der Waals surface area contributed by atoms with E-state index in [9.17, 15) is 4.79 Å². The Bertz CT molecular complexity index is 537. The highest BCUT2D eigenvalue weighted by molar-refractivity contribution is 6.02. The molecule has 0 aliphatic heterocycles. The summed E-state index contributed by atoms with van der Waals surface area (Å²) in [6.07, 6.45) is 1.46. The first-order chi connectivity index (χ1) is 9.79. The molecule has 5 heteroatoms. The Labute approximate surface area is 117 Å². The Kier molecular flexibility index (Phi) is 5.20. The molecule has 20 heavy (non-hydrogen) atoms. The van der Waals surface area contributed by atoms with Crippen LogP contribution in [0.25, 0.3) is 0 Å². The van der Waals surface area contributed by atoms with Crippen LogP contribution >= 0.6 is 0 Å². The maximum absolute atomic E-state index is 11.8. The molecule has 1 amide bonds. The predicted octanol–water partition coefficient (Wildman–Crippen LogP) is 2.95. The van der Waals surface area contributed by atoms with Gasteiger partial charge < -0.3 is 19.2 Å². The minimum atomic E-state index is -0.290. The van der Waals surface area contributed by atoms with Gasteiger partial charge in [0.1, 0.15) is 12.4 Å². The summed E-state index contributed by atoms with van der Waals surface area (Å²) >= 11 is 0. The molecule has 0 bridgehead atoms. The van der Waals surface area contributed by atoms with Gasteiger partial charge in [0.25, 0.3) is 5.91 Å². The second-order valence-corrected chi connectivity index (χ2v) is 4.00. The number of carbonyl (C=O) groups is 1. The summed E-state index contributed by atoms with van der Waals surface area (Å²) in [4.78, 5) is 11.8. The Morgan fingerprint density at radius 1 is 1.25 bits per heavy atom. The summed E-state index contributed by atoms with van der Waals surface area (Å²) in [7, 11) is 0.